The summed E-state index contributed by atoms with van der Waals surface area (Å²) >= 11 is 2.79. The lowest BCUT2D eigenvalue weighted by atomic mass is 10.3. The van der Waals surface area contributed by atoms with Crippen molar-refractivity contribution < 1.29 is 9.59 Å². The van der Waals surface area contributed by atoms with Gasteiger partial charge in [0.1, 0.15) is 0 Å². The van der Waals surface area contributed by atoms with E-state index in [4.69, 9.17) is 0 Å². The van der Waals surface area contributed by atoms with E-state index in [2.05, 4.69) is 32.1 Å². The molecule has 4 rings (SSSR count). The van der Waals surface area contributed by atoms with E-state index in [1.54, 1.807) is 6.07 Å². The summed E-state index contributed by atoms with van der Waals surface area (Å²) in [5.74, 6) is -0.0144. The van der Waals surface area contributed by atoms with Crippen LogP contribution in [-0.4, -0.2) is 32.1 Å². The molecule has 0 radical (unpaired) electrons. The molecule has 0 saturated heterocycles. The first-order valence-electron chi connectivity index (χ1n) is 9.09. The Kier molecular flexibility index (Phi) is 5.50. The molecule has 0 aliphatic heterocycles. The SMILES string of the molecule is CCn1c(SCC(=O)Nc2nc3ccc(NC(C)=O)cc3s2)nc2ccccc21. The van der Waals surface area contributed by atoms with Gasteiger partial charge in [-0.25, -0.2) is 9.97 Å². The highest BCUT2D eigenvalue weighted by Gasteiger charge is 2.13. The van der Waals surface area contributed by atoms with Gasteiger partial charge in [-0.15, -0.1) is 0 Å². The van der Waals surface area contributed by atoms with Crippen molar-refractivity contribution in [2.24, 2.45) is 0 Å². The van der Waals surface area contributed by atoms with Gasteiger partial charge in [0.15, 0.2) is 10.3 Å². The Balaban J connectivity index is 1.44. The molecule has 148 valence electrons. The number of hydrogen-bond acceptors (Lipinski definition) is 6. The maximum absolute atomic E-state index is 12.4. The number of carbonyl (C=O) groups excluding carboxylic acids is 2. The zero-order chi connectivity index (χ0) is 20.4. The predicted molar refractivity (Wildman–Crippen MR) is 119 cm³/mol. The van der Waals surface area contributed by atoms with Crippen molar-refractivity contribution in [3.63, 3.8) is 0 Å². The molecule has 0 spiro atoms. The first kappa shape index (κ1) is 19.4. The number of benzene rings is 2. The van der Waals surface area contributed by atoms with Crippen LogP contribution in [-0.2, 0) is 16.1 Å². The molecule has 0 saturated carbocycles. The Labute approximate surface area is 175 Å². The van der Waals surface area contributed by atoms with Gasteiger partial charge in [-0.3, -0.25) is 9.59 Å². The summed E-state index contributed by atoms with van der Waals surface area (Å²) < 4.78 is 3.00. The number of para-hydroxylation sites is 2. The summed E-state index contributed by atoms with van der Waals surface area (Å²) in [6.07, 6.45) is 0. The van der Waals surface area contributed by atoms with Gasteiger partial charge in [0, 0.05) is 19.2 Å². The summed E-state index contributed by atoms with van der Waals surface area (Å²) in [4.78, 5) is 32.7. The second kappa shape index (κ2) is 8.22. The fourth-order valence-corrected chi connectivity index (χ4v) is 4.81. The van der Waals surface area contributed by atoms with Crippen molar-refractivity contribution in [2.75, 3.05) is 16.4 Å². The fraction of sp³-hybridized carbons (Fsp3) is 0.200. The van der Waals surface area contributed by atoms with Crippen LogP contribution in [0, 0.1) is 0 Å². The van der Waals surface area contributed by atoms with E-state index in [1.165, 1.54) is 30.0 Å². The van der Waals surface area contributed by atoms with E-state index < -0.39 is 0 Å². The van der Waals surface area contributed by atoms with E-state index in [0.29, 0.717) is 10.8 Å². The smallest absolute Gasteiger partial charge is 0.236 e. The molecule has 0 aliphatic carbocycles. The maximum Gasteiger partial charge on any atom is 0.236 e. The largest absolute Gasteiger partial charge is 0.326 e. The van der Waals surface area contributed by atoms with Crippen LogP contribution < -0.4 is 10.6 Å². The number of fused-ring (bicyclic) bond motifs is 2. The first-order valence-corrected chi connectivity index (χ1v) is 10.9. The maximum atomic E-state index is 12.4. The molecular formula is C20H19N5O2S2. The number of imidazole rings is 1. The molecule has 7 nitrogen and oxygen atoms in total. The van der Waals surface area contributed by atoms with Gasteiger partial charge >= 0.3 is 0 Å². The molecule has 2 aromatic carbocycles. The third-order valence-electron chi connectivity index (χ3n) is 4.22. The van der Waals surface area contributed by atoms with Crippen molar-refractivity contribution in [1.29, 1.82) is 0 Å². The number of rotatable bonds is 6. The minimum atomic E-state index is -0.133. The second-order valence-corrected chi connectivity index (χ2v) is 8.32. The number of amides is 2. The molecule has 29 heavy (non-hydrogen) atoms. The van der Waals surface area contributed by atoms with Crippen LogP contribution in [0.15, 0.2) is 47.6 Å². The van der Waals surface area contributed by atoms with Crippen LogP contribution in [0.4, 0.5) is 10.8 Å². The monoisotopic (exact) mass is 425 g/mol. The fourth-order valence-electron chi connectivity index (χ4n) is 3.01. The lowest BCUT2D eigenvalue weighted by molar-refractivity contribution is -0.114. The summed E-state index contributed by atoms with van der Waals surface area (Å²) in [6, 6.07) is 13.4. The Morgan fingerprint density at radius 3 is 2.72 bits per heavy atom. The minimum Gasteiger partial charge on any atom is -0.326 e. The average Bonchev–Trinajstić information content (AvgIpc) is 3.25. The van der Waals surface area contributed by atoms with Crippen LogP contribution in [0.3, 0.4) is 0 Å². The number of aromatic nitrogens is 3. The van der Waals surface area contributed by atoms with Crippen LogP contribution in [0.25, 0.3) is 21.3 Å². The molecule has 0 bridgehead atoms. The van der Waals surface area contributed by atoms with E-state index in [-0.39, 0.29) is 17.6 Å². The average molecular weight is 426 g/mol. The summed E-state index contributed by atoms with van der Waals surface area (Å²) in [6.45, 7) is 4.32. The lowest BCUT2D eigenvalue weighted by Gasteiger charge is -2.05. The number of carbonyl (C=O) groups is 2. The topological polar surface area (TPSA) is 88.9 Å². The van der Waals surface area contributed by atoms with E-state index in [9.17, 15) is 9.59 Å². The summed E-state index contributed by atoms with van der Waals surface area (Å²) in [7, 11) is 0. The molecule has 2 amide bonds. The number of aryl methyl sites for hydroxylation is 1. The predicted octanol–water partition coefficient (Wildman–Crippen LogP) is 4.36. The standard InChI is InChI=1S/C20H19N5O2S2/c1-3-25-16-7-5-4-6-14(16)23-20(25)28-11-18(27)24-19-22-15-9-8-13(21-12(2)26)10-17(15)29-19/h4-10H,3,11H2,1-2H3,(H,21,26)(H,22,24,27). The molecule has 2 N–H and O–H groups in total. The lowest BCUT2D eigenvalue weighted by Crippen LogP contribution is -2.14. The van der Waals surface area contributed by atoms with E-state index in [1.807, 2.05) is 36.4 Å². The number of hydrogen-bond donors (Lipinski definition) is 2. The number of thioether (sulfide) groups is 1. The molecular weight excluding hydrogens is 406 g/mol. The van der Waals surface area contributed by atoms with Crippen LogP contribution >= 0.6 is 23.1 Å². The normalized spacial score (nSPS) is 11.1. The number of thiazole rings is 1. The molecule has 0 aliphatic rings. The van der Waals surface area contributed by atoms with Gasteiger partial charge in [0.25, 0.3) is 0 Å². The molecule has 2 heterocycles. The van der Waals surface area contributed by atoms with Crippen LogP contribution in [0.5, 0.6) is 0 Å². The Morgan fingerprint density at radius 2 is 1.93 bits per heavy atom. The number of nitrogens with zero attached hydrogens (tertiary/aromatic N) is 3. The van der Waals surface area contributed by atoms with Gasteiger partial charge < -0.3 is 15.2 Å². The molecule has 4 aromatic rings. The first-order chi connectivity index (χ1) is 14.0. The van der Waals surface area contributed by atoms with E-state index in [0.717, 1.165) is 33.0 Å². The highest BCUT2D eigenvalue weighted by molar-refractivity contribution is 7.99. The quantitative estimate of drug-likeness (QED) is 0.448. The van der Waals surface area contributed by atoms with E-state index >= 15 is 0 Å². The molecule has 0 atom stereocenters. The summed E-state index contributed by atoms with van der Waals surface area (Å²) in [5, 5.41) is 6.97. The molecule has 2 aromatic heterocycles. The van der Waals surface area contributed by atoms with Crippen LogP contribution in [0.2, 0.25) is 0 Å². The van der Waals surface area contributed by atoms with Gasteiger partial charge in [-0.05, 0) is 37.3 Å². The highest BCUT2D eigenvalue weighted by atomic mass is 32.2. The van der Waals surface area contributed by atoms with Gasteiger partial charge in [0.2, 0.25) is 11.8 Å². The van der Waals surface area contributed by atoms with Crippen molar-refractivity contribution in [1.82, 2.24) is 14.5 Å². The van der Waals surface area contributed by atoms with Gasteiger partial charge in [-0.2, -0.15) is 0 Å². The molecule has 9 heteroatoms. The zero-order valence-corrected chi connectivity index (χ0v) is 17.6. The van der Waals surface area contributed by atoms with Crippen molar-refractivity contribution in [3.05, 3.63) is 42.5 Å². The Bertz CT molecular complexity index is 1210. The van der Waals surface area contributed by atoms with Gasteiger partial charge in [0.05, 0.1) is 27.0 Å². The molecule has 0 fully saturated rings. The van der Waals surface area contributed by atoms with Crippen molar-refractivity contribution >= 4 is 67.0 Å². The minimum absolute atomic E-state index is 0.127. The van der Waals surface area contributed by atoms with Gasteiger partial charge in [-0.1, -0.05) is 35.2 Å². The third-order valence-corrected chi connectivity index (χ3v) is 6.13. The Hall–Kier alpha value is -2.91. The zero-order valence-electron chi connectivity index (χ0n) is 15.9. The summed E-state index contributed by atoms with van der Waals surface area (Å²) in [5.41, 5.74) is 3.48. The number of anilines is 2. The second-order valence-electron chi connectivity index (χ2n) is 6.35. The number of nitrogens with one attached hydrogen (secondary N) is 2. The van der Waals surface area contributed by atoms with Crippen LogP contribution in [0.1, 0.15) is 13.8 Å². The Morgan fingerprint density at radius 1 is 1.10 bits per heavy atom. The van der Waals surface area contributed by atoms with Crippen molar-refractivity contribution in [3.8, 4) is 0 Å². The molecule has 0 unspecified atom stereocenters. The third kappa shape index (κ3) is 4.25. The van der Waals surface area contributed by atoms with Crippen molar-refractivity contribution in [2.45, 2.75) is 25.5 Å². The highest BCUT2D eigenvalue weighted by Crippen LogP contribution is 2.29.